The van der Waals surface area contributed by atoms with E-state index in [1.165, 1.54) is 11.1 Å². The molecule has 0 saturated heterocycles. The van der Waals surface area contributed by atoms with E-state index in [4.69, 9.17) is 0 Å². The van der Waals surface area contributed by atoms with Crippen LogP contribution < -0.4 is 16.0 Å². The van der Waals surface area contributed by atoms with Crippen LogP contribution in [0.15, 0.2) is 53.7 Å². The summed E-state index contributed by atoms with van der Waals surface area (Å²) in [6.45, 7) is 4.81. The van der Waals surface area contributed by atoms with Crippen molar-refractivity contribution < 1.29 is 0 Å². The molecule has 1 aromatic carbocycles. The van der Waals surface area contributed by atoms with Gasteiger partial charge in [0, 0.05) is 32.9 Å². The third-order valence-corrected chi connectivity index (χ3v) is 4.04. The van der Waals surface area contributed by atoms with Crippen molar-refractivity contribution in [3.05, 3.63) is 59.8 Å². The quantitative estimate of drug-likeness (QED) is 0.373. The Bertz CT molecular complexity index is 640. The van der Waals surface area contributed by atoms with E-state index in [-0.39, 0.29) is 0 Å². The van der Waals surface area contributed by atoms with Crippen LogP contribution in [-0.4, -0.2) is 31.1 Å². The summed E-state index contributed by atoms with van der Waals surface area (Å²) in [6, 6.07) is 14.4. The van der Waals surface area contributed by atoms with Gasteiger partial charge >= 0.3 is 0 Å². The van der Waals surface area contributed by atoms with Crippen LogP contribution in [0.1, 0.15) is 30.9 Å². The van der Waals surface area contributed by atoms with Crippen molar-refractivity contribution >= 4 is 11.8 Å². The number of nitrogens with zero attached hydrogens (tertiary/aromatic N) is 2. The van der Waals surface area contributed by atoms with Gasteiger partial charge < -0.3 is 16.0 Å². The number of pyridine rings is 1. The highest BCUT2D eigenvalue weighted by molar-refractivity contribution is 5.79. The molecule has 1 aromatic heterocycles. The van der Waals surface area contributed by atoms with Crippen molar-refractivity contribution in [2.75, 3.05) is 25.5 Å². The van der Waals surface area contributed by atoms with Crippen LogP contribution in [0.3, 0.4) is 0 Å². The lowest BCUT2D eigenvalue weighted by atomic mass is 10.1. The molecule has 0 aliphatic carbocycles. The van der Waals surface area contributed by atoms with E-state index in [1.54, 1.807) is 6.20 Å². The van der Waals surface area contributed by atoms with Crippen molar-refractivity contribution in [2.24, 2.45) is 4.99 Å². The molecule has 5 nitrogen and oxygen atoms in total. The van der Waals surface area contributed by atoms with Gasteiger partial charge in [-0.15, -0.1) is 0 Å². The lowest BCUT2D eigenvalue weighted by Gasteiger charge is -2.14. The van der Waals surface area contributed by atoms with Crippen molar-refractivity contribution in [1.82, 2.24) is 15.6 Å². The maximum absolute atomic E-state index is 4.29. The summed E-state index contributed by atoms with van der Waals surface area (Å²) >= 11 is 0. The molecule has 0 aliphatic rings. The molecule has 0 aliphatic heterocycles. The third kappa shape index (κ3) is 6.83. The number of anilines is 1. The minimum atomic E-state index is 0.797. The number of rotatable bonds is 9. The minimum Gasteiger partial charge on any atom is -0.370 e. The Balaban J connectivity index is 1.62. The van der Waals surface area contributed by atoms with Gasteiger partial charge in [0.15, 0.2) is 5.96 Å². The molecular weight excluding hydrogens is 310 g/mol. The summed E-state index contributed by atoms with van der Waals surface area (Å²) in [5.74, 6) is 1.78. The molecule has 2 aromatic rings. The van der Waals surface area contributed by atoms with Crippen LogP contribution in [-0.2, 0) is 13.0 Å². The SMILES string of the molecule is CCc1ccccc1CNC(=NC)NCCCCNc1ccccn1. The number of hydrogen-bond acceptors (Lipinski definition) is 3. The second kappa shape index (κ2) is 11.1. The first kappa shape index (κ1) is 18.8. The smallest absolute Gasteiger partial charge is 0.191 e. The number of aliphatic imine (C=N–C) groups is 1. The van der Waals surface area contributed by atoms with Gasteiger partial charge in [-0.1, -0.05) is 37.3 Å². The second-order valence-electron chi connectivity index (χ2n) is 5.82. The maximum atomic E-state index is 4.29. The van der Waals surface area contributed by atoms with Crippen LogP contribution in [0.2, 0.25) is 0 Å². The molecule has 0 radical (unpaired) electrons. The summed E-state index contributed by atoms with van der Waals surface area (Å²) in [5, 5.41) is 10.1. The Morgan fingerprint density at radius 3 is 2.44 bits per heavy atom. The Hall–Kier alpha value is -2.56. The molecule has 5 heteroatoms. The van der Waals surface area contributed by atoms with Crippen molar-refractivity contribution in [3.8, 4) is 0 Å². The average Bonchev–Trinajstić information content (AvgIpc) is 2.68. The lowest BCUT2D eigenvalue weighted by molar-refractivity contribution is 0.710. The van der Waals surface area contributed by atoms with E-state index in [1.807, 2.05) is 25.2 Å². The van der Waals surface area contributed by atoms with Gasteiger partial charge in [-0.25, -0.2) is 4.98 Å². The van der Waals surface area contributed by atoms with E-state index in [0.29, 0.717) is 0 Å². The lowest BCUT2D eigenvalue weighted by Crippen LogP contribution is -2.37. The number of unbranched alkanes of at least 4 members (excludes halogenated alkanes) is 1. The molecule has 0 amide bonds. The van der Waals surface area contributed by atoms with Gasteiger partial charge in [-0.3, -0.25) is 4.99 Å². The van der Waals surface area contributed by atoms with Crippen LogP contribution in [0.4, 0.5) is 5.82 Å². The Morgan fingerprint density at radius 1 is 0.960 bits per heavy atom. The van der Waals surface area contributed by atoms with Gasteiger partial charge in [0.25, 0.3) is 0 Å². The Kier molecular flexibility index (Phi) is 8.32. The zero-order valence-corrected chi connectivity index (χ0v) is 15.3. The fourth-order valence-electron chi connectivity index (χ4n) is 2.62. The fourth-order valence-corrected chi connectivity index (χ4v) is 2.62. The molecule has 1 heterocycles. The molecule has 0 atom stereocenters. The minimum absolute atomic E-state index is 0.797. The average molecular weight is 339 g/mol. The first-order chi connectivity index (χ1) is 12.3. The zero-order valence-electron chi connectivity index (χ0n) is 15.3. The van der Waals surface area contributed by atoms with E-state index >= 15 is 0 Å². The van der Waals surface area contributed by atoms with Crippen LogP contribution in [0.5, 0.6) is 0 Å². The summed E-state index contributed by atoms with van der Waals surface area (Å²) in [6.07, 6.45) is 5.01. The van der Waals surface area contributed by atoms with E-state index in [9.17, 15) is 0 Å². The van der Waals surface area contributed by atoms with E-state index < -0.39 is 0 Å². The number of hydrogen-bond donors (Lipinski definition) is 3. The largest absolute Gasteiger partial charge is 0.370 e. The fraction of sp³-hybridized carbons (Fsp3) is 0.400. The van der Waals surface area contributed by atoms with E-state index in [2.05, 4.69) is 57.1 Å². The van der Waals surface area contributed by atoms with E-state index in [0.717, 1.165) is 50.7 Å². The van der Waals surface area contributed by atoms with Crippen LogP contribution >= 0.6 is 0 Å². The van der Waals surface area contributed by atoms with Crippen molar-refractivity contribution in [2.45, 2.75) is 32.7 Å². The first-order valence-corrected chi connectivity index (χ1v) is 8.99. The molecule has 25 heavy (non-hydrogen) atoms. The molecule has 134 valence electrons. The summed E-state index contributed by atoms with van der Waals surface area (Å²) in [5.41, 5.74) is 2.71. The third-order valence-electron chi connectivity index (χ3n) is 4.04. The summed E-state index contributed by atoms with van der Waals surface area (Å²) in [7, 11) is 1.81. The summed E-state index contributed by atoms with van der Waals surface area (Å²) in [4.78, 5) is 8.54. The monoisotopic (exact) mass is 339 g/mol. The van der Waals surface area contributed by atoms with Crippen LogP contribution in [0, 0.1) is 0 Å². The maximum Gasteiger partial charge on any atom is 0.191 e. The molecular formula is C20H29N5. The second-order valence-corrected chi connectivity index (χ2v) is 5.82. The normalized spacial score (nSPS) is 11.2. The van der Waals surface area contributed by atoms with Gasteiger partial charge in [0.05, 0.1) is 0 Å². The molecule has 3 N–H and O–H groups in total. The topological polar surface area (TPSA) is 61.3 Å². The van der Waals surface area contributed by atoms with Gasteiger partial charge in [0.1, 0.15) is 5.82 Å². The number of guanidine groups is 1. The molecule has 2 rings (SSSR count). The standard InChI is InChI=1S/C20H29N5/c1-3-17-10-4-5-11-18(17)16-25-20(21-2)24-15-9-8-14-23-19-12-6-7-13-22-19/h4-7,10-13H,3,8-9,14-16H2,1-2H3,(H,22,23)(H2,21,24,25). The molecule has 0 saturated carbocycles. The summed E-state index contributed by atoms with van der Waals surface area (Å²) < 4.78 is 0. The molecule has 0 spiro atoms. The predicted molar refractivity (Wildman–Crippen MR) is 106 cm³/mol. The molecule has 0 bridgehead atoms. The zero-order chi connectivity index (χ0) is 17.7. The molecule has 0 fully saturated rings. The number of aryl methyl sites for hydroxylation is 1. The van der Waals surface area contributed by atoms with Crippen LogP contribution in [0.25, 0.3) is 0 Å². The highest BCUT2D eigenvalue weighted by atomic mass is 15.2. The Labute approximate surface area is 151 Å². The highest BCUT2D eigenvalue weighted by Gasteiger charge is 2.01. The van der Waals surface area contributed by atoms with Gasteiger partial charge in [-0.2, -0.15) is 0 Å². The van der Waals surface area contributed by atoms with Crippen molar-refractivity contribution in [3.63, 3.8) is 0 Å². The number of nitrogens with one attached hydrogen (secondary N) is 3. The highest BCUT2D eigenvalue weighted by Crippen LogP contribution is 2.08. The predicted octanol–water partition coefficient (Wildman–Crippen LogP) is 3.20. The number of benzene rings is 1. The van der Waals surface area contributed by atoms with Gasteiger partial charge in [0.2, 0.25) is 0 Å². The number of aromatic nitrogens is 1. The first-order valence-electron chi connectivity index (χ1n) is 8.99. The van der Waals surface area contributed by atoms with Gasteiger partial charge in [-0.05, 0) is 42.5 Å². The molecule has 0 unspecified atom stereocenters. The van der Waals surface area contributed by atoms with Crippen molar-refractivity contribution in [1.29, 1.82) is 0 Å². The Morgan fingerprint density at radius 2 is 1.72 bits per heavy atom.